The van der Waals surface area contributed by atoms with Crippen LogP contribution >= 0.6 is 0 Å². The second kappa shape index (κ2) is 12.9. The Hall–Kier alpha value is -1.41. The van der Waals surface area contributed by atoms with Crippen LogP contribution in [0.5, 0.6) is 0 Å². The van der Waals surface area contributed by atoms with Gasteiger partial charge in [0.05, 0.1) is 0 Å². The maximum atomic E-state index is 12.6. The number of unbranched alkanes of at least 4 members (excludes halogenated alkanes) is 3. The molecule has 2 heteroatoms. The molecule has 0 amide bonds. The minimum absolute atomic E-state index is 0.0674. The first-order chi connectivity index (χ1) is 12.1. The average molecular weight is 345 g/mol. The molecule has 0 fully saturated rings. The van der Waals surface area contributed by atoms with E-state index in [1.807, 2.05) is 13.0 Å². The Morgan fingerprint density at radius 1 is 1.08 bits per heavy atom. The first-order valence-corrected chi connectivity index (χ1v) is 9.87. The van der Waals surface area contributed by atoms with Gasteiger partial charge < -0.3 is 4.74 Å². The van der Waals surface area contributed by atoms with Crippen LogP contribution in [0.3, 0.4) is 0 Å². The largest absolute Gasteiger partial charge is 0.381 e. The summed E-state index contributed by atoms with van der Waals surface area (Å²) in [7, 11) is 0. The van der Waals surface area contributed by atoms with Gasteiger partial charge in [0.25, 0.3) is 0 Å². The maximum absolute atomic E-state index is 12.6. The number of rotatable bonds is 14. The number of carbonyl (C=O) groups excluding carboxylic acids is 1. The van der Waals surface area contributed by atoms with Crippen LogP contribution in [0.15, 0.2) is 42.5 Å². The van der Waals surface area contributed by atoms with Gasteiger partial charge in [0.1, 0.15) is 0 Å². The molecule has 1 rings (SSSR count). The predicted molar refractivity (Wildman–Crippen MR) is 107 cm³/mol. The minimum atomic E-state index is 0.0674. The topological polar surface area (TPSA) is 26.3 Å². The van der Waals surface area contributed by atoms with Gasteiger partial charge in [-0.2, -0.15) is 0 Å². The molecule has 0 N–H and O–H groups in total. The van der Waals surface area contributed by atoms with Gasteiger partial charge in [-0.3, -0.25) is 4.79 Å². The van der Waals surface area contributed by atoms with E-state index in [4.69, 9.17) is 4.74 Å². The van der Waals surface area contributed by atoms with Crippen molar-refractivity contribution >= 4 is 5.78 Å². The van der Waals surface area contributed by atoms with Crippen molar-refractivity contribution < 1.29 is 9.53 Å². The minimum Gasteiger partial charge on any atom is -0.381 e. The Morgan fingerprint density at radius 3 is 2.32 bits per heavy atom. The summed E-state index contributed by atoms with van der Waals surface area (Å²) >= 11 is 0. The molecule has 0 heterocycles. The summed E-state index contributed by atoms with van der Waals surface area (Å²) in [4.78, 5) is 12.6. The van der Waals surface area contributed by atoms with Crippen LogP contribution in [0.1, 0.15) is 64.9 Å². The summed E-state index contributed by atoms with van der Waals surface area (Å²) < 4.78 is 5.68. The highest BCUT2D eigenvalue weighted by Crippen LogP contribution is 2.25. The molecule has 0 aromatic heterocycles. The molecule has 140 valence electrons. The van der Waals surface area contributed by atoms with Crippen LogP contribution in [0.2, 0.25) is 0 Å². The van der Waals surface area contributed by atoms with Crippen LogP contribution in [0.25, 0.3) is 0 Å². The molecule has 0 aliphatic carbocycles. The third-order valence-electron chi connectivity index (χ3n) is 4.79. The van der Waals surface area contributed by atoms with Crippen molar-refractivity contribution in [2.24, 2.45) is 11.8 Å². The summed E-state index contributed by atoms with van der Waals surface area (Å²) in [5.74, 6) is 0.627. The summed E-state index contributed by atoms with van der Waals surface area (Å²) in [6.07, 6.45) is 7.57. The SMILES string of the molecule is C=C(C)C(=O)C(CCCCOCCCCC)C(C)Cc1ccccc1. The molecule has 0 bridgehead atoms. The molecule has 0 aliphatic rings. The van der Waals surface area contributed by atoms with Crippen molar-refractivity contribution in [2.75, 3.05) is 13.2 Å². The van der Waals surface area contributed by atoms with E-state index in [0.29, 0.717) is 11.5 Å². The zero-order valence-corrected chi connectivity index (χ0v) is 16.4. The van der Waals surface area contributed by atoms with Gasteiger partial charge in [-0.15, -0.1) is 0 Å². The Kier molecular flexibility index (Phi) is 11.1. The van der Waals surface area contributed by atoms with Crippen molar-refractivity contribution in [2.45, 2.75) is 65.7 Å². The first kappa shape index (κ1) is 21.6. The Balaban J connectivity index is 2.42. The van der Waals surface area contributed by atoms with E-state index in [-0.39, 0.29) is 11.7 Å². The zero-order chi connectivity index (χ0) is 18.5. The van der Waals surface area contributed by atoms with Gasteiger partial charge in [0, 0.05) is 19.1 Å². The van der Waals surface area contributed by atoms with Gasteiger partial charge in [-0.1, -0.05) is 70.0 Å². The van der Waals surface area contributed by atoms with Gasteiger partial charge in [-0.25, -0.2) is 0 Å². The van der Waals surface area contributed by atoms with E-state index < -0.39 is 0 Å². The van der Waals surface area contributed by atoms with Crippen molar-refractivity contribution in [1.29, 1.82) is 0 Å². The molecule has 1 aromatic carbocycles. The Morgan fingerprint density at radius 2 is 1.72 bits per heavy atom. The fraction of sp³-hybridized carbons (Fsp3) is 0.609. The fourth-order valence-corrected chi connectivity index (χ4v) is 3.24. The lowest BCUT2D eigenvalue weighted by Crippen LogP contribution is -2.24. The molecule has 2 nitrogen and oxygen atoms in total. The molecule has 2 unspecified atom stereocenters. The number of hydrogen-bond acceptors (Lipinski definition) is 2. The van der Waals surface area contributed by atoms with Crippen molar-refractivity contribution in [1.82, 2.24) is 0 Å². The molecular weight excluding hydrogens is 308 g/mol. The fourth-order valence-electron chi connectivity index (χ4n) is 3.24. The van der Waals surface area contributed by atoms with Crippen molar-refractivity contribution in [3.8, 4) is 0 Å². The maximum Gasteiger partial charge on any atom is 0.161 e. The van der Waals surface area contributed by atoms with Crippen LogP contribution in [0, 0.1) is 11.8 Å². The van der Waals surface area contributed by atoms with Gasteiger partial charge >= 0.3 is 0 Å². The van der Waals surface area contributed by atoms with E-state index in [1.54, 1.807) is 0 Å². The van der Waals surface area contributed by atoms with Gasteiger partial charge in [0.15, 0.2) is 5.78 Å². The monoisotopic (exact) mass is 344 g/mol. The molecular formula is C23H36O2. The highest BCUT2D eigenvalue weighted by Gasteiger charge is 2.25. The summed E-state index contributed by atoms with van der Waals surface area (Å²) in [6.45, 7) is 11.8. The highest BCUT2D eigenvalue weighted by atomic mass is 16.5. The number of carbonyl (C=O) groups is 1. The molecule has 2 atom stereocenters. The molecule has 0 spiro atoms. The van der Waals surface area contributed by atoms with E-state index in [9.17, 15) is 4.79 Å². The third kappa shape index (κ3) is 9.02. The summed E-state index contributed by atoms with van der Waals surface area (Å²) in [6, 6.07) is 10.4. The van der Waals surface area contributed by atoms with Gasteiger partial charge in [0.2, 0.25) is 0 Å². The van der Waals surface area contributed by atoms with Crippen LogP contribution < -0.4 is 0 Å². The quantitative estimate of drug-likeness (QED) is 0.305. The third-order valence-corrected chi connectivity index (χ3v) is 4.79. The lowest BCUT2D eigenvalue weighted by molar-refractivity contribution is -0.120. The number of allylic oxidation sites excluding steroid dienone is 1. The highest BCUT2D eigenvalue weighted by molar-refractivity contribution is 5.96. The summed E-state index contributed by atoms with van der Waals surface area (Å²) in [5, 5.41) is 0. The van der Waals surface area contributed by atoms with E-state index >= 15 is 0 Å². The molecule has 0 aliphatic heterocycles. The molecule has 25 heavy (non-hydrogen) atoms. The summed E-state index contributed by atoms with van der Waals surface area (Å²) in [5.41, 5.74) is 1.98. The second-order valence-electron chi connectivity index (χ2n) is 7.23. The first-order valence-electron chi connectivity index (χ1n) is 9.87. The lowest BCUT2D eigenvalue weighted by atomic mass is 9.80. The number of hydrogen-bond donors (Lipinski definition) is 0. The molecule has 0 saturated carbocycles. The van der Waals surface area contributed by atoms with Gasteiger partial charge in [-0.05, 0) is 49.7 Å². The Labute approximate surface area is 154 Å². The Bertz CT molecular complexity index is 492. The van der Waals surface area contributed by atoms with Crippen molar-refractivity contribution in [3.05, 3.63) is 48.0 Å². The number of benzene rings is 1. The smallest absolute Gasteiger partial charge is 0.161 e. The second-order valence-corrected chi connectivity index (χ2v) is 7.23. The number of Topliss-reactive ketones (excluding diaryl/α,β-unsaturated/α-hetero) is 1. The van der Waals surface area contributed by atoms with Crippen LogP contribution in [-0.4, -0.2) is 19.0 Å². The van der Waals surface area contributed by atoms with Crippen LogP contribution in [0.4, 0.5) is 0 Å². The van der Waals surface area contributed by atoms with E-state index in [0.717, 1.165) is 45.3 Å². The molecule has 0 radical (unpaired) electrons. The zero-order valence-electron chi connectivity index (χ0n) is 16.4. The number of ether oxygens (including phenoxy) is 1. The average Bonchev–Trinajstić information content (AvgIpc) is 2.60. The standard InChI is InChI=1S/C23H36O2/c1-5-6-11-16-25-17-12-10-15-22(23(24)19(2)3)20(4)18-21-13-8-7-9-14-21/h7-9,13-14,20,22H,2,5-6,10-12,15-18H2,1,3-4H3. The number of ketones is 1. The lowest BCUT2D eigenvalue weighted by Gasteiger charge is -2.23. The van der Waals surface area contributed by atoms with Crippen LogP contribution in [-0.2, 0) is 16.0 Å². The molecule has 1 aromatic rings. The van der Waals surface area contributed by atoms with E-state index in [1.165, 1.54) is 18.4 Å². The molecule has 0 saturated heterocycles. The predicted octanol–water partition coefficient (Wildman–Crippen LogP) is 6.00. The van der Waals surface area contributed by atoms with Crippen molar-refractivity contribution in [3.63, 3.8) is 0 Å². The van der Waals surface area contributed by atoms with E-state index in [2.05, 4.69) is 44.7 Å². The normalized spacial score (nSPS) is 13.4.